The Hall–Kier alpha value is 0.907. The maximum Gasteiger partial charge on any atom is 1.00 e. The molecule has 0 radical (unpaired) electrons. The van der Waals surface area contributed by atoms with E-state index < -0.39 is 49.7 Å². The molecule has 1 unspecified atom stereocenters. The maximum absolute atomic E-state index is 10.4. The monoisotopic (exact) mass is 602 g/mol. The third-order valence-electron chi connectivity index (χ3n) is 0. The minimum atomic E-state index is -5.39. The van der Waals surface area contributed by atoms with Gasteiger partial charge in [0, 0.05) is 0 Å². The zero-order valence-electron chi connectivity index (χ0n) is 14.3. The second-order valence-corrected chi connectivity index (χ2v) is 9.23. The van der Waals surface area contributed by atoms with E-state index in [0.29, 0.717) is 6.26 Å². The van der Waals surface area contributed by atoms with E-state index in [1.807, 2.05) is 0 Å². The third kappa shape index (κ3) is 31400. The standard InChI is InChI=1S/CH4O3S.5FH2O3P.Li/c6*1-5(2,3)4;/h1H3,(H,2,3,4);5*(H2,2,3,4);/q;;;;;;+1/p-1. The van der Waals surface area contributed by atoms with Crippen LogP contribution in [-0.2, 0) is 32.9 Å². The Balaban J connectivity index is -0.0000000443. The fourth-order valence-corrected chi connectivity index (χ4v) is 0. The Labute approximate surface area is 180 Å². The molecule has 0 aromatic carbocycles. The van der Waals surface area contributed by atoms with Gasteiger partial charge in [0.2, 0.25) is 0 Å². The topological polar surface area (TPSA) is 345 Å². The SMILES string of the molecule is CS(=O)(=O)O.O=P(O)(O)F.O=P(O)(O)F.O=P(O)(O)F.O=P(O)(O)F.O=P([O-])(O)F.[Li+]. The van der Waals surface area contributed by atoms with Crippen LogP contribution in [0.3, 0.4) is 0 Å². The fraction of sp³-hybridized carbons (Fsp3) is 1.00. The summed E-state index contributed by atoms with van der Waals surface area (Å²) in [5, 5.41) is 0. The van der Waals surface area contributed by atoms with E-state index in [-0.39, 0.29) is 18.9 Å². The van der Waals surface area contributed by atoms with Crippen molar-refractivity contribution >= 4 is 49.7 Å². The van der Waals surface area contributed by atoms with Crippen LogP contribution in [0.1, 0.15) is 0 Å². The van der Waals surface area contributed by atoms with Crippen LogP contribution in [0.5, 0.6) is 0 Å². The molecule has 0 saturated carbocycles. The van der Waals surface area contributed by atoms with Crippen molar-refractivity contribution in [2.24, 2.45) is 0 Å². The number of halogens is 5. The summed E-state index contributed by atoms with van der Waals surface area (Å²) in [6, 6.07) is 0. The summed E-state index contributed by atoms with van der Waals surface area (Å²) in [7, 11) is -29.6. The predicted molar refractivity (Wildman–Crippen MR) is 81.0 cm³/mol. The molecule has 0 fully saturated rings. The van der Waals surface area contributed by atoms with Crippen molar-refractivity contribution in [2.45, 2.75) is 0 Å². The van der Waals surface area contributed by atoms with E-state index in [2.05, 4.69) is 0 Å². The summed E-state index contributed by atoms with van der Waals surface area (Å²) in [6.07, 6.45) is 0.715. The van der Waals surface area contributed by atoms with Crippen LogP contribution in [0, 0.1) is 0 Å². The molecule has 1 atom stereocenters. The Morgan fingerprint density at radius 3 is 0.581 bits per heavy atom. The maximum atomic E-state index is 10.4. The molecule has 30 heteroatoms. The summed E-state index contributed by atoms with van der Waals surface area (Å²) in [4.78, 5) is 71.1. The van der Waals surface area contributed by atoms with E-state index in [4.69, 9.17) is 76.3 Å². The molecule has 0 rings (SSSR count). The minimum absolute atomic E-state index is 0. The first-order chi connectivity index (χ1) is 12.0. The van der Waals surface area contributed by atoms with Gasteiger partial charge in [-0.1, -0.05) is 0 Å². The molecule has 0 heterocycles. The molecule has 0 aliphatic heterocycles. The van der Waals surface area contributed by atoms with Gasteiger partial charge in [-0.25, -0.2) is 18.3 Å². The smallest absolute Gasteiger partial charge is 0.753 e. The quantitative estimate of drug-likeness (QED) is 0.0548. The molecule has 0 aliphatic rings. The minimum Gasteiger partial charge on any atom is -0.753 e. The van der Waals surface area contributed by atoms with Gasteiger partial charge in [-0.3, -0.25) is 48.3 Å². The molecule has 192 valence electrons. The van der Waals surface area contributed by atoms with Crippen LogP contribution in [-0.4, -0.2) is 63.3 Å². The first-order valence-corrected chi connectivity index (χ1v) is 14.0. The van der Waals surface area contributed by atoms with Crippen LogP contribution in [0.25, 0.3) is 0 Å². The first-order valence-electron chi connectivity index (χ1n) is 4.66. The molecule has 0 amide bonds. The van der Waals surface area contributed by atoms with Crippen molar-refractivity contribution in [2.75, 3.05) is 6.26 Å². The Morgan fingerprint density at radius 1 is 0.581 bits per heavy atom. The molecular formula is CH13F5LiO18P5S. The van der Waals surface area contributed by atoms with E-state index in [1.54, 1.807) is 0 Å². The van der Waals surface area contributed by atoms with Crippen LogP contribution < -0.4 is 23.8 Å². The molecule has 0 spiro atoms. The predicted octanol–water partition coefficient (Wildman–Crippen LogP) is -3.88. The van der Waals surface area contributed by atoms with Crippen LogP contribution in [0.4, 0.5) is 21.0 Å². The van der Waals surface area contributed by atoms with Crippen molar-refractivity contribution in [3.05, 3.63) is 0 Å². The Morgan fingerprint density at radius 2 is 0.581 bits per heavy atom. The Kier molecular flexibility index (Phi) is 32.2. The fourth-order valence-electron chi connectivity index (χ4n) is 0. The molecule has 0 aliphatic carbocycles. The number of hydrogen-bond donors (Lipinski definition) is 10. The summed E-state index contributed by atoms with van der Waals surface area (Å²) in [6.45, 7) is 0. The van der Waals surface area contributed by atoms with Gasteiger partial charge in [-0.05, 0) is 0 Å². The molecule has 0 saturated heterocycles. The third-order valence-corrected chi connectivity index (χ3v) is 0. The molecule has 18 nitrogen and oxygen atoms in total. The largest absolute Gasteiger partial charge is 1.00 e. The van der Waals surface area contributed by atoms with Crippen molar-refractivity contribution in [1.29, 1.82) is 0 Å². The number of hydrogen-bond acceptors (Lipinski definition) is 8. The normalized spacial score (nSPS) is 12.9. The van der Waals surface area contributed by atoms with Crippen molar-refractivity contribution in [3.63, 3.8) is 0 Å². The van der Waals surface area contributed by atoms with Crippen LogP contribution in [0.15, 0.2) is 0 Å². The second kappa shape index (κ2) is 20.3. The Bertz CT molecular complexity index is 587. The average Bonchev–Trinajstić information content (AvgIpc) is 1.94. The average molecular weight is 602 g/mol. The molecule has 0 aromatic rings. The van der Waals surface area contributed by atoms with Crippen molar-refractivity contribution in [3.8, 4) is 0 Å². The van der Waals surface area contributed by atoms with E-state index in [9.17, 15) is 29.4 Å². The van der Waals surface area contributed by atoms with Gasteiger partial charge in [0.05, 0.1) is 6.26 Å². The van der Waals surface area contributed by atoms with Gasteiger partial charge >= 0.3 is 58.4 Å². The van der Waals surface area contributed by atoms with Gasteiger partial charge < -0.3 is 9.79 Å². The molecular weight excluding hydrogens is 589 g/mol. The van der Waals surface area contributed by atoms with Gasteiger partial charge in [0.1, 0.15) is 0 Å². The molecule has 0 aromatic heterocycles. The zero-order chi connectivity index (χ0) is 27.0. The van der Waals surface area contributed by atoms with Gasteiger partial charge in [-0.15, -0.1) is 16.8 Å². The van der Waals surface area contributed by atoms with Crippen molar-refractivity contribution in [1.82, 2.24) is 0 Å². The van der Waals surface area contributed by atoms with Crippen LogP contribution >= 0.6 is 39.5 Å². The second-order valence-electron chi connectivity index (χ2n) is 3.08. The molecule has 0 bridgehead atoms. The first kappa shape index (κ1) is 49.1. The van der Waals surface area contributed by atoms with E-state index in [1.165, 1.54) is 0 Å². The van der Waals surface area contributed by atoms with Gasteiger partial charge in [0.25, 0.3) is 10.1 Å². The van der Waals surface area contributed by atoms with Gasteiger partial charge in [-0.2, -0.15) is 12.6 Å². The zero-order valence-corrected chi connectivity index (χ0v) is 19.6. The van der Waals surface area contributed by atoms with E-state index in [0.717, 1.165) is 0 Å². The summed E-state index contributed by atoms with van der Waals surface area (Å²) >= 11 is 0. The summed E-state index contributed by atoms with van der Waals surface area (Å²) < 4.78 is 121. The van der Waals surface area contributed by atoms with Gasteiger partial charge in [0.15, 0.2) is 0 Å². The van der Waals surface area contributed by atoms with Crippen LogP contribution in [0.2, 0.25) is 0 Å². The van der Waals surface area contributed by atoms with E-state index >= 15 is 0 Å². The summed E-state index contributed by atoms with van der Waals surface area (Å²) in [5.41, 5.74) is 0. The van der Waals surface area contributed by atoms with Crippen molar-refractivity contribution < 1.29 is 125 Å². The number of rotatable bonds is 0. The molecule has 31 heavy (non-hydrogen) atoms. The molecule has 10 N–H and O–H groups in total. The summed E-state index contributed by atoms with van der Waals surface area (Å²) in [5.74, 6) is 0.